The molecule has 114 valence electrons. The van der Waals surface area contributed by atoms with E-state index in [1.54, 1.807) is 7.05 Å². The van der Waals surface area contributed by atoms with Gasteiger partial charge in [0.2, 0.25) is 0 Å². The molecule has 1 amide bonds. The third kappa shape index (κ3) is 4.06. The molecule has 3 heteroatoms. The van der Waals surface area contributed by atoms with Gasteiger partial charge in [0.05, 0.1) is 6.10 Å². The molecule has 0 bridgehead atoms. The molecular weight excluding hydrogens is 274 g/mol. The summed E-state index contributed by atoms with van der Waals surface area (Å²) in [6.45, 7) is 3.77. The molecule has 3 nitrogen and oxygen atoms in total. The second-order valence-corrected chi connectivity index (χ2v) is 5.27. The summed E-state index contributed by atoms with van der Waals surface area (Å²) in [7, 11) is 1.69. The summed E-state index contributed by atoms with van der Waals surface area (Å²) < 4.78 is 0. The first-order valence-electron chi connectivity index (χ1n) is 7.33. The first-order chi connectivity index (χ1) is 10.6. The molecular formula is C19H21NO2. The van der Waals surface area contributed by atoms with Crippen molar-refractivity contribution in [2.24, 2.45) is 0 Å². The lowest BCUT2D eigenvalue weighted by Crippen LogP contribution is -2.32. The molecule has 0 aliphatic carbocycles. The summed E-state index contributed by atoms with van der Waals surface area (Å²) in [4.78, 5) is 13.9. The maximum Gasteiger partial charge on any atom is 0.255 e. The van der Waals surface area contributed by atoms with Crippen LogP contribution in [0.4, 0.5) is 5.69 Å². The monoisotopic (exact) mass is 295 g/mol. The van der Waals surface area contributed by atoms with Gasteiger partial charge in [0.25, 0.3) is 5.91 Å². The number of aliphatic hydroxyl groups excluding tert-OH is 1. The first-order valence-corrected chi connectivity index (χ1v) is 7.33. The molecule has 0 radical (unpaired) electrons. The van der Waals surface area contributed by atoms with E-state index in [-0.39, 0.29) is 11.5 Å². The quantitative estimate of drug-likeness (QED) is 0.831. The van der Waals surface area contributed by atoms with Crippen LogP contribution in [0.25, 0.3) is 0 Å². The number of para-hydroxylation sites is 1. The van der Waals surface area contributed by atoms with E-state index in [0.29, 0.717) is 12.8 Å². The van der Waals surface area contributed by atoms with Gasteiger partial charge in [-0.3, -0.25) is 4.79 Å². The van der Waals surface area contributed by atoms with Crippen LogP contribution in [0, 0.1) is 0 Å². The highest BCUT2D eigenvalue weighted by Gasteiger charge is 2.20. The van der Waals surface area contributed by atoms with Crippen LogP contribution in [0.1, 0.15) is 12.0 Å². The van der Waals surface area contributed by atoms with Gasteiger partial charge in [0.15, 0.2) is 0 Å². The van der Waals surface area contributed by atoms with E-state index >= 15 is 0 Å². The molecule has 1 atom stereocenters. The fourth-order valence-electron chi connectivity index (χ4n) is 2.25. The fraction of sp³-hybridized carbons (Fsp3) is 0.211. The van der Waals surface area contributed by atoms with Gasteiger partial charge in [-0.1, -0.05) is 55.1 Å². The van der Waals surface area contributed by atoms with Gasteiger partial charge < -0.3 is 10.0 Å². The Hall–Kier alpha value is -2.39. The number of carbonyl (C=O) groups is 1. The Morgan fingerprint density at radius 1 is 1.09 bits per heavy atom. The van der Waals surface area contributed by atoms with Gasteiger partial charge in [0.1, 0.15) is 0 Å². The number of hydrogen-bond acceptors (Lipinski definition) is 2. The van der Waals surface area contributed by atoms with Crippen molar-refractivity contribution >= 4 is 11.6 Å². The van der Waals surface area contributed by atoms with Crippen LogP contribution in [0.5, 0.6) is 0 Å². The van der Waals surface area contributed by atoms with Gasteiger partial charge in [-0.15, -0.1) is 0 Å². The minimum atomic E-state index is -0.834. The Bertz CT molecular complexity index is 622. The van der Waals surface area contributed by atoms with Gasteiger partial charge >= 0.3 is 0 Å². The molecule has 0 fully saturated rings. The van der Waals surface area contributed by atoms with Crippen LogP contribution in [0.15, 0.2) is 72.8 Å². The van der Waals surface area contributed by atoms with Crippen molar-refractivity contribution in [2.45, 2.75) is 18.9 Å². The minimum Gasteiger partial charge on any atom is -0.388 e. The van der Waals surface area contributed by atoms with Crippen LogP contribution in [-0.4, -0.2) is 24.2 Å². The summed E-state index contributed by atoms with van der Waals surface area (Å²) in [5, 5.41) is 10.2. The molecule has 2 rings (SSSR count). The topological polar surface area (TPSA) is 40.5 Å². The summed E-state index contributed by atoms with van der Waals surface area (Å²) in [6, 6.07) is 19.2. The van der Waals surface area contributed by atoms with E-state index in [9.17, 15) is 9.90 Å². The fourth-order valence-corrected chi connectivity index (χ4v) is 2.25. The molecule has 0 saturated carbocycles. The van der Waals surface area contributed by atoms with Gasteiger partial charge in [0, 0.05) is 18.3 Å². The molecule has 1 unspecified atom stereocenters. The molecule has 2 aromatic rings. The zero-order valence-corrected chi connectivity index (χ0v) is 12.8. The van der Waals surface area contributed by atoms with Crippen LogP contribution < -0.4 is 4.90 Å². The number of anilines is 1. The van der Waals surface area contributed by atoms with Crippen LogP contribution in [0.3, 0.4) is 0 Å². The Labute approximate surface area is 131 Å². The number of aliphatic hydroxyl groups is 1. The lowest BCUT2D eigenvalue weighted by Gasteiger charge is -2.21. The van der Waals surface area contributed by atoms with E-state index < -0.39 is 6.10 Å². The Morgan fingerprint density at radius 3 is 2.23 bits per heavy atom. The molecule has 0 aromatic heterocycles. The van der Waals surface area contributed by atoms with Crippen LogP contribution in [-0.2, 0) is 11.2 Å². The van der Waals surface area contributed by atoms with E-state index in [0.717, 1.165) is 11.3 Å². The standard InChI is InChI=1S/C19H21NO2/c1-15(18(21)14-13-16-9-5-3-6-10-16)19(22)20(2)17-11-7-4-8-12-17/h3-12,18,21H,1,13-14H2,2H3. The van der Waals surface area contributed by atoms with Gasteiger partial charge in [-0.05, 0) is 30.5 Å². The highest BCUT2D eigenvalue weighted by atomic mass is 16.3. The third-order valence-electron chi connectivity index (χ3n) is 3.67. The predicted molar refractivity (Wildman–Crippen MR) is 89.8 cm³/mol. The van der Waals surface area contributed by atoms with Crippen molar-refractivity contribution in [3.8, 4) is 0 Å². The molecule has 0 saturated heterocycles. The zero-order valence-electron chi connectivity index (χ0n) is 12.8. The van der Waals surface area contributed by atoms with Crippen LogP contribution >= 0.6 is 0 Å². The molecule has 1 N–H and O–H groups in total. The number of rotatable bonds is 6. The average molecular weight is 295 g/mol. The number of hydrogen-bond donors (Lipinski definition) is 1. The van der Waals surface area contributed by atoms with E-state index in [1.807, 2.05) is 60.7 Å². The van der Waals surface area contributed by atoms with Crippen molar-refractivity contribution in [2.75, 3.05) is 11.9 Å². The van der Waals surface area contributed by atoms with E-state index in [4.69, 9.17) is 0 Å². The normalized spacial score (nSPS) is 11.7. The summed E-state index contributed by atoms with van der Waals surface area (Å²) in [5.41, 5.74) is 2.14. The van der Waals surface area contributed by atoms with Crippen LogP contribution in [0.2, 0.25) is 0 Å². The number of aryl methyl sites for hydroxylation is 1. The van der Waals surface area contributed by atoms with E-state index in [2.05, 4.69) is 6.58 Å². The second kappa shape index (κ2) is 7.57. The van der Waals surface area contributed by atoms with Gasteiger partial charge in [-0.2, -0.15) is 0 Å². The lowest BCUT2D eigenvalue weighted by molar-refractivity contribution is -0.115. The molecule has 2 aromatic carbocycles. The molecule has 22 heavy (non-hydrogen) atoms. The van der Waals surface area contributed by atoms with Crippen molar-refractivity contribution in [3.63, 3.8) is 0 Å². The van der Waals surface area contributed by atoms with Gasteiger partial charge in [-0.25, -0.2) is 0 Å². The Kier molecular flexibility index (Phi) is 5.50. The number of nitrogens with zero attached hydrogens (tertiary/aromatic N) is 1. The van der Waals surface area contributed by atoms with Crippen molar-refractivity contribution < 1.29 is 9.90 Å². The largest absolute Gasteiger partial charge is 0.388 e. The van der Waals surface area contributed by atoms with Crippen molar-refractivity contribution in [1.29, 1.82) is 0 Å². The average Bonchev–Trinajstić information content (AvgIpc) is 2.59. The number of carbonyl (C=O) groups excluding carboxylic acids is 1. The highest BCUT2D eigenvalue weighted by Crippen LogP contribution is 2.17. The third-order valence-corrected chi connectivity index (χ3v) is 3.67. The highest BCUT2D eigenvalue weighted by molar-refractivity contribution is 6.05. The first kappa shape index (κ1) is 16.0. The molecule has 0 heterocycles. The smallest absolute Gasteiger partial charge is 0.255 e. The second-order valence-electron chi connectivity index (χ2n) is 5.27. The summed E-state index contributed by atoms with van der Waals surface area (Å²) >= 11 is 0. The Morgan fingerprint density at radius 2 is 1.64 bits per heavy atom. The van der Waals surface area contributed by atoms with Crippen molar-refractivity contribution in [3.05, 3.63) is 78.4 Å². The number of likely N-dealkylation sites (N-methyl/N-ethyl adjacent to an activating group) is 1. The predicted octanol–water partition coefficient (Wildman–Crippen LogP) is 3.20. The zero-order chi connectivity index (χ0) is 15.9. The maximum atomic E-state index is 12.4. The molecule has 0 aliphatic rings. The SMILES string of the molecule is C=C(C(=O)N(C)c1ccccc1)C(O)CCc1ccccc1. The lowest BCUT2D eigenvalue weighted by atomic mass is 10.0. The molecule has 0 spiro atoms. The number of amides is 1. The summed E-state index contributed by atoms with van der Waals surface area (Å²) in [6.07, 6.45) is 0.361. The van der Waals surface area contributed by atoms with E-state index in [1.165, 1.54) is 4.90 Å². The minimum absolute atomic E-state index is 0.224. The maximum absolute atomic E-state index is 12.4. The van der Waals surface area contributed by atoms with Crippen molar-refractivity contribution in [1.82, 2.24) is 0 Å². The Balaban J connectivity index is 1.93. The molecule has 0 aliphatic heterocycles. The summed E-state index contributed by atoms with van der Waals surface area (Å²) in [5.74, 6) is -0.258. The number of benzene rings is 2.